The van der Waals surface area contributed by atoms with Gasteiger partial charge in [-0.3, -0.25) is 9.59 Å². The normalized spacial score (nSPS) is 19.2. The zero-order valence-electron chi connectivity index (χ0n) is 20.4. The molecule has 2 aliphatic rings. The minimum Gasteiger partial charge on any atom is -0.504 e. The topological polar surface area (TPSA) is 104 Å². The number of para-hydroxylation sites is 1. The molecule has 188 valence electrons. The van der Waals surface area contributed by atoms with Crippen LogP contribution in [-0.4, -0.2) is 53.0 Å². The molecule has 0 unspecified atom stereocenters. The molecule has 2 aliphatic heterocycles. The number of nitrogens with one attached hydrogen (secondary N) is 2. The van der Waals surface area contributed by atoms with Gasteiger partial charge in [-0.05, 0) is 53.9 Å². The number of likely N-dealkylation sites (tertiary alicyclic amines) is 1. The SMILES string of the molecule is COc1ccc2cc1Oc1cc(ccc1O)CCC(=O)N[C@@H]1CN(C(=O)c3cccc4cc[nH]c34)C[C@@H]21. The molecule has 0 spiro atoms. The molecule has 1 aromatic heterocycles. The summed E-state index contributed by atoms with van der Waals surface area (Å²) in [5.74, 6) is 0.962. The van der Waals surface area contributed by atoms with Gasteiger partial charge in [-0.15, -0.1) is 0 Å². The van der Waals surface area contributed by atoms with E-state index < -0.39 is 0 Å². The van der Waals surface area contributed by atoms with E-state index in [0.717, 1.165) is 22.0 Å². The monoisotopic (exact) mass is 497 g/mol. The van der Waals surface area contributed by atoms with Crippen LogP contribution in [0.4, 0.5) is 0 Å². The molecule has 0 aliphatic carbocycles. The van der Waals surface area contributed by atoms with Crippen molar-refractivity contribution in [3.05, 3.63) is 83.6 Å². The van der Waals surface area contributed by atoms with E-state index in [1.54, 1.807) is 30.2 Å². The number of nitrogens with zero attached hydrogens (tertiary/aromatic N) is 1. The number of methoxy groups -OCH3 is 1. The number of aromatic nitrogens is 1. The van der Waals surface area contributed by atoms with E-state index in [1.807, 2.05) is 48.7 Å². The molecule has 4 bridgehead atoms. The van der Waals surface area contributed by atoms with E-state index >= 15 is 0 Å². The summed E-state index contributed by atoms with van der Waals surface area (Å²) in [6.07, 6.45) is 2.60. The number of aromatic hydroxyl groups is 1. The second kappa shape index (κ2) is 9.20. The average molecular weight is 498 g/mol. The number of H-pyrrole nitrogens is 1. The molecule has 1 saturated heterocycles. The number of fused-ring (bicyclic) bond motifs is 7. The van der Waals surface area contributed by atoms with Crippen LogP contribution < -0.4 is 14.8 Å². The Hall–Kier alpha value is -4.46. The molecule has 8 heteroatoms. The molecule has 1 fully saturated rings. The van der Waals surface area contributed by atoms with Crippen molar-refractivity contribution in [2.24, 2.45) is 0 Å². The summed E-state index contributed by atoms with van der Waals surface area (Å²) in [6, 6.07) is 18.1. The minimum absolute atomic E-state index is 0.00420. The van der Waals surface area contributed by atoms with E-state index in [4.69, 9.17) is 9.47 Å². The van der Waals surface area contributed by atoms with Gasteiger partial charge in [-0.25, -0.2) is 0 Å². The number of aryl methyl sites for hydroxylation is 1. The van der Waals surface area contributed by atoms with Crippen molar-refractivity contribution in [3.8, 4) is 23.0 Å². The highest BCUT2D eigenvalue weighted by atomic mass is 16.5. The highest BCUT2D eigenvalue weighted by molar-refractivity contribution is 6.05. The van der Waals surface area contributed by atoms with Crippen LogP contribution in [0.25, 0.3) is 10.9 Å². The van der Waals surface area contributed by atoms with Crippen LogP contribution in [0.2, 0.25) is 0 Å². The largest absolute Gasteiger partial charge is 0.504 e. The fraction of sp³-hybridized carbons (Fsp3) is 0.241. The van der Waals surface area contributed by atoms with Gasteiger partial charge in [0.2, 0.25) is 5.91 Å². The number of amides is 2. The van der Waals surface area contributed by atoms with Crippen molar-refractivity contribution < 1.29 is 24.2 Å². The lowest BCUT2D eigenvalue weighted by atomic mass is 9.93. The maximum atomic E-state index is 13.6. The fourth-order valence-corrected chi connectivity index (χ4v) is 5.34. The van der Waals surface area contributed by atoms with Crippen LogP contribution in [0.5, 0.6) is 23.0 Å². The number of ether oxygens (including phenoxy) is 2. The van der Waals surface area contributed by atoms with Crippen molar-refractivity contribution in [1.82, 2.24) is 15.2 Å². The van der Waals surface area contributed by atoms with Gasteiger partial charge in [0.25, 0.3) is 5.91 Å². The van der Waals surface area contributed by atoms with Gasteiger partial charge < -0.3 is 29.8 Å². The lowest BCUT2D eigenvalue weighted by Gasteiger charge is -2.21. The Bertz CT molecular complexity index is 1510. The van der Waals surface area contributed by atoms with Gasteiger partial charge in [0.15, 0.2) is 23.0 Å². The smallest absolute Gasteiger partial charge is 0.256 e. The van der Waals surface area contributed by atoms with Crippen molar-refractivity contribution in [2.75, 3.05) is 20.2 Å². The second-order valence-corrected chi connectivity index (χ2v) is 9.55. The van der Waals surface area contributed by atoms with Crippen LogP contribution in [0.3, 0.4) is 0 Å². The fourth-order valence-electron chi connectivity index (χ4n) is 5.34. The van der Waals surface area contributed by atoms with Gasteiger partial charge in [-0.2, -0.15) is 0 Å². The molecule has 3 heterocycles. The zero-order valence-corrected chi connectivity index (χ0v) is 20.4. The zero-order chi connectivity index (χ0) is 25.5. The highest BCUT2D eigenvalue weighted by Crippen LogP contribution is 2.40. The van der Waals surface area contributed by atoms with Crippen LogP contribution in [0.1, 0.15) is 33.8 Å². The van der Waals surface area contributed by atoms with Crippen LogP contribution in [0.15, 0.2) is 66.9 Å². The number of aromatic amines is 1. The second-order valence-electron chi connectivity index (χ2n) is 9.55. The Morgan fingerprint density at radius 1 is 1.05 bits per heavy atom. The number of carbonyl (C=O) groups excluding carboxylic acids is 2. The number of phenolic OH excluding ortho intramolecular Hbond substituents is 1. The summed E-state index contributed by atoms with van der Waals surface area (Å²) in [6.45, 7) is 0.828. The Morgan fingerprint density at radius 3 is 2.81 bits per heavy atom. The summed E-state index contributed by atoms with van der Waals surface area (Å²) in [4.78, 5) is 31.6. The summed E-state index contributed by atoms with van der Waals surface area (Å²) in [5, 5.41) is 14.6. The molecule has 0 saturated carbocycles. The molecule has 3 aromatic carbocycles. The van der Waals surface area contributed by atoms with Crippen LogP contribution >= 0.6 is 0 Å². The number of benzene rings is 3. The maximum absolute atomic E-state index is 13.6. The van der Waals surface area contributed by atoms with Crippen molar-refractivity contribution in [3.63, 3.8) is 0 Å². The molecule has 37 heavy (non-hydrogen) atoms. The van der Waals surface area contributed by atoms with Gasteiger partial charge in [0.05, 0.1) is 24.2 Å². The van der Waals surface area contributed by atoms with Crippen LogP contribution in [0, 0.1) is 0 Å². The molecule has 8 nitrogen and oxygen atoms in total. The Kier molecular flexibility index (Phi) is 5.71. The third-order valence-electron chi connectivity index (χ3n) is 7.27. The summed E-state index contributed by atoms with van der Waals surface area (Å²) < 4.78 is 11.6. The maximum Gasteiger partial charge on any atom is 0.256 e. The number of rotatable bonds is 2. The standard InChI is InChI=1S/C29H27N3O5/c1-36-24-9-7-19-14-26(24)37-25-13-17(5-8-23(25)33)6-10-27(34)31-22-16-32(15-21(19)22)29(35)20-4-2-3-18-11-12-30-28(18)20/h2-5,7-9,11-14,21-22,30,33H,6,10,15-16H2,1H3,(H,31,34)/t21-,22+/m0/s1. The number of phenols is 1. The predicted octanol–water partition coefficient (Wildman–Crippen LogP) is 4.35. The quantitative estimate of drug-likeness (QED) is 0.382. The third-order valence-corrected chi connectivity index (χ3v) is 7.27. The average Bonchev–Trinajstić information content (AvgIpc) is 3.55. The predicted molar refractivity (Wildman–Crippen MR) is 138 cm³/mol. The first-order valence-electron chi connectivity index (χ1n) is 12.3. The third kappa shape index (κ3) is 4.24. The van der Waals surface area contributed by atoms with E-state index in [-0.39, 0.29) is 35.9 Å². The van der Waals surface area contributed by atoms with Crippen molar-refractivity contribution in [2.45, 2.75) is 24.8 Å². The first kappa shape index (κ1) is 23.0. The molecular formula is C29H27N3O5. The summed E-state index contributed by atoms with van der Waals surface area (Å²) in [5.41, 5.74) is 3.19. The van der Waals surface area contributed by atoms with Gasteiger partial charge >= 0.3 is 0 Å². The van der Waals surface area contributed by atoms with Crippen LogP contribution in [-0.2, 0) is 11.2 Å². The number of carbonyl (C=O) groups is 2. The summed E-state index contributed by atoms with van der Waals surface area (Å²) >= 11 is 0. The molecular weight excluding hydrogens is 470 g/mol. The molecule has 2 amide bonds. The number of hydrogen-bond acceptors (Lipinski definition) is 5. The minimum atomic E-state index is -0.266. The Balaban J connectivity index is 1.38. The molecule has 4 aromatic rings. The number of hydrogen-bond donors (Lipinski definition) is 3. The van der Waals surface area contributed by atoms with E-state index in [2.05, 4.69) is 10.3 Å². The lowest BCUT2D eigenvalue weighted by molar-refractivity contribution is -0.121. The first-order chi connectivity index (χ1) is 18.0. The molecule has 0 radical (unpaired) electrons. The lowest BCUT2D eigenvalue weighted by Crippen LogP contribution is -2.40. The molecule has 3 N–H and O–H groups in total. The molecule has 6 rings (SSSR count). The van der Waals surface area contributed by atoms with Crippen molar-refractivity contribution in [1.29, 1.82) is 0 Å². The Labute approximate surface area is 213 Å². The van der Waals surface area contributed by atoms with Crippen molar-refractivity contribution >= 4 is 22.7 Å². The van der Waals surface area contributed by atoms with E-state index in [1.165, 1.54) is 0 Å². The van der Waals surface area contributed by atoms with Gasteiger partial charge in [0, 0.05) is 37.0 Å². The van der Waals surface area contributed by atoms with E-state index in [9.17, 15) is 14.7 Å². The Morgan fingerprint density at radius 2 is 1.95 bits per heavy atom. The van der Waals surface area contributed by atoms with Gasteiger partial charge in [0.1, 0.15) is 0 Å². The van der Waals surface area contributed by atoms with E-state index in [0.29, 0.717) is 42.3 Å². The van der Waals surface area contributed by atoms with Gasteiger partial charge in [-0.1, -0.05) is 24.3 Å². The summed E-state index contributed by atoms with van der Waals surface area (Å²) in [7, 11) is 1.56. The highest BCUT2D eigenvalue weighted by Gasteiger charge is 2.38. The molecule has 2 atom stereocenters. The first-order valence-corrected chi connectivity index (χ1v) is 12.3.